The second kappa shape index (κ2) is 4.83. The van der Waals surface area contributed by atoms with Crippen LogP contribution in [0.2, 0.25) is 0 Å². The molecule has 1 aliphatic heterocycles. The molecule has 0 atom stereocenters. The molecule has 0 bridgehead atoms. The van der Waals surface area contributed by atoms with E-state index in [1.807, 2.05) is 0 Å². The summed E-state index contributed by atoms with van der Waals surface area (Å²) in [5.41, 5.74) is -0.311. The van der Waals surface area contributed by atoms with E-state index in [0.717, 1.165) is 6.20 Å². The molecule has 1 saturated heterocycles. The average Bonchev–Trinajstić information content (AvgIpc) is 3.14. The van der Waals surface area contributed by atoms with Gasteiger partial charge < -0.3 is 5.11 Å². The van der Waals surface area contributed by atoms with Gasteiger partial charge in [0.1, 0.15) is 5.56 Å². The summed E-state index contributed by atoms with van der Waals surface area (Å²) in [6, 6.07) is 0.613. The molecule has 0 unspecified atom stereocenters. The number of carboxylic acid groups (broad SMARTS) is 1. The average molecular weight is 300 g/mol. The second-order valence-corrected chi connectivity index (χ2v) is 6.96. The van der Waals surface area contributed by atoms with Crippen LogP contribution < -0.4 is 0 Å². The van der Waals surface area contributed by atoms with Gasteiger partial charge in [-0.1, -0.05) is 0 Å². The van der Waals surface area contributed by atoms with Crippen molar-refractivity contribution in [1.82, 2.24) is 19.4 Å². The van der Waals surface area contributed by atoms with Crippen LogP contribution in [0, 0.1) is 0 Å². The number of carboxylic acids is 1. The number of aromatic nitrogens is 2. The van der Waals surface area contributed by atoms with Crippen molar-refractivity contribution in [3.05, 3.63) is 11.8 Å². The SMILES string of the molecule is O=C(O)c1cn[nH]c1S(=O)(=O)N1CCN(C2CC2)CC1. The van der Waals surface area contributed by atoms with E-state index in [9.17, 15) is 13.2 Å². The van der Waals surface area contributed by atoms with Crippen LogP contribution in [0.4, 0.5) is 0 Å². The number of rotatable bonds is 4. The molecule has 0 aromatic carbocycles. The van der Waals surface area contributed by atoms with Gasteiger partial charge in [-0.2, -0.15) is 9.40 Å². The van der Waals surface area contributed by atoms with E-state index in [1.54, 1.807) is 0 Å². The first-order valence-electron chi connectivity index (χ1n) is 6.51. The minimum atomic E-state index is -3.82. The number of hydrogen-bond donors (Lipinski definition) is 2. The van der Waals surface area contributed by atoms with Gasteiger partial charge in [0, 0.05) is 32.2 Å². The smallest absolute Gasteiger partial charge is 0.340 e. The van der Waals surface area contributed by atoms with E-state index in [4.69, 9.17) is 5.11 Å². The van der Waals surface area contributed by atoms with Crippen molar-refractivity contribution in [3.8, 4) is 0 Å². The lowest BCUT2D eigenvalue weighted by Crippen LogP contribution is -2.49. The van der Waals surface area contributed by atoms with E-state index < -0.39 is 16.0 Å². The lowest BCUT2D eigenvalue weighted by atomic mass is 10.3. The lowest BCUT2D eigenvalue weighted by Gasteiger charge is -2.33. The Bertz CT molecular complexity index is 614. The van der Waals surface area contributed by atoms with Crippen molar-refractivity contribution < 1.29 is 18.3 Å². The third-order valence-electron chi connectivity index (χ3n) is 3.77. The highest BCUT2D eigenvalue weighted by molar-refractivity contribution is 7.89. The van der Waals surface area contributed by atoms with Gasteiger partial charge in [-0.25, -0.2) is 13.2 Å². The zero-order valence-corrected chi connectivity index (χ0v) is 11.6. The molecular formula is C11H16N4O4S. The van der Waals surface area contributed by atoms with Crippen LogP contribution in [-0.4, -0.2) is 71.1 Å². The first kappa shape index (κ1) is 13.5. The molecule has 0 radical (unpaired) electrons. The van der Waals surface area contributed by atoms with Crippen LogP contribution in [-0.2, 0) is 10.0 Å². The van der Waals surface area contributed by atoms with Gasteiger partial charge in [0.15, 0.2) is 5.03 Å². The zero-order valence-electron chi connectivity index (χ0n) is 10.8. The minimum absolute atomic E-state index is 0.311. The Morgan fingerprint density at radius 1 is 1.30 bits per heavy atom. The first-order chi connectivity index (χ1) is 9.50. The van der Waals surface area contributed by atoms with Crippen LogP contribution in [0.25, 0.3) is 0 Å². The number of H-pyrrole nitrogens is 1. The zero-order chi connectivity index (χ0) is 14.3. The molecule has 0 amide bonds. The number of aromatic carboxylic acids is 1. The highest BCUT2D eigenvalue weighted by atomic mass is 32.2. The van der Waals surface area contributed by atoms with E-state index in [0.29, 0.717) is 32.2 Å². The molecule has 3 rings (SSSR count). The Labute approximate surface area is 116 Å². The fraction of sp³-hybridized carbons (Fsp3) is 0.636. The van der Waals surface area contributed by atoms with Crippen molar-refractivity contribution in [3.63, 3.8) is 0 Å². The summed E-state index contributed by atoms with van der Waals surface area (Å²) < 4.78 is 26.2. The normalized spacial score (nSPS) is 22.0. The fourth-order valence-corrected chi connectivity index (χ4v) is 3.99. The molecule has 1 aromatic rings. The number of piperazine rings is 1. The summed E-state index contributed by atoms with van der Waals surface area (Å²) in [5, 5.41) is 14.5. The van der Waals surface area contributed by atoms with Crippen molar-refractivity contribution in [1.29, 1.82) is 0 Å². The third kappa shape index (κ3) is 2.32. The Morgan fingerprint density at radius 2 is 1.95 bits per heavy atom. The summed E-state index contributed by atoms with van der Waals surface area (Å²) in [4.78, 5) is 13.3. The number of hydrogen-bond acceptors (Lipinski definition) is 5. The monoisotopic (exact) mass is 300 g/mol. The molecular weight excluding hydrogens is 284 g/mol. The molecule has 1 aliphatic carbocycles. The summed E-state index contributed by atoms with van der Waals surface area (Å²) in [6.45, 7) is 2.16. The van der Waals surface area contributed by atoms with Gasteiger partial charge in [-0.05, 0) is 12.8 Å². The maximum Gasteiger partial charge on any atom is 0.340 e. The van der Waals surface area contributed by atoms with E-state index >= 15 is 0 Å². The summed E-state index contributed by atoms with van der Waals surface area (Å²) >= 11 is 0. The largest absolute Gasteiger partial charge is 0.478 e. The molecule has 1 aromatic heterocycles. The molecule has 2 aliphatic rings. The predicted molar refractivity (Wildman–Crippen MR) is 68.9 cm³/mol. The Balaban J connectivity index is 1.78. The van der Waals surface area contributed by atoms with Crippen LogP contribution in [0.15, 0.2) is 11.2 Å². The van der Waals surface area contributed by atoms with Crippen LogP contribution in [0.1, 0.15) is 23.2 Å². The van der Waals surface area contributed by atoms with E-state index in [2.05, 4.69) is 15.1 Å². The Kier molecular flexibility index (Phi) is 3.27. The standard InChI is InChI=1S/C11H16N4O4S/c16-11(17)9-7-12-13-10(9)20(18,19)15-5-3-14(4-6-15)8-1-2-8/h7-8H,1-6H2,(H,12,13)(H,16,17). The molecule has 110 valence electrons. The predicted octanol–water partition coefficient (Wildman–Crippen LogP) is -0.423. The molecule has 0 spiro atoms. The summed E-state index contributed by atoms with van der Waals surface area (Å²) in [7, 11) is -3.82. The van der Waals surface area contributed by atoms with Crippen LogP contribution in [0.3, 0.4) is 0 Å². The fourth-order valence-electron chi connectivity index (χ4n) is 2.50. The molecule has 2 fully saturated rings. The van der Waals surface area contributed by atoms with Gasteiger partial charge >= 0.3 is 5.97 Å². The molecule has 1 saturated carbocycles. The van der Waals surface area contributed by atoms with Gasteiger partial charge in [0.25, 0.3) is 10.0 Å². The minimum Gasteiger partial charge on any atom is -0.478 e. The Morgan fingerprint density at radius 3 is 2.50 bits per heavy atom. The van der Waals surface area contributed by atoms with Crippen LogP contribution >= 0.6 is 0 Å². The van der Waals surface area contributed by atoms with Gasteiger partial charge in [-0.15, -0.1) is 0 Å². The lowest BCUT2D eigenvalue weighted by molar-refractivity contribution is 0.0692. The second-order valence-electron chi connectivity index (χ2n) is 5.09. The summed E-state index contributed by atoms with van der Waals surface area (Å²) in [6.07, 6.45) is 3.41. The number of sulfonamides is 1. The van der Waals surface area contributed by atoms with Crippen molar-refractivity contribution in [2.45, 2.75) is 23.9 Å². The maximum absolute atomic E-state index is 12.4. The van der Waals surface area contributed by atoms with Crippen molar-refractivity contribution >= 4 is 16.0 Å². The molecule has 2 N–H and O–H groups in total. The maximum atomic E-state index is 12.4. The van der Waals surface area contributed by atoms with Gasteiger partial charge in [0.2, 0.25) is 0 Å². The van der Waals surface area contributed by atoms with Crippen LogP contribution in [0.5, 0.6) is 0 Å². The first-order valence-corrected chi connectivity index (χ1v) is 7.95. The number of nitrogens with one attached hydrogen (secondary N) is 1. The Hall–Kier alpha value is -1.45. The third-order valence-corrected chi connectivity index (χ3v) is 5.64. The van der Waals surface area contributed by atoms with Gasteiger partial charge in [0.05, 0.1) is 6.20 Å². The van der Waals surface area contributed by atoms with E-state index in [1.165, 1.54) is 17.1 Å². The van der Waals surface area contributed by atoms with Crippen molar-refractivity contribution in [2.75, 3.05) is 26.2 Å². The number of nitrogens with zero attached hydrogens (tertiary/aromatic N) is 3. The highest BCUT2D eigenvalue weighted by Gasteiger charge is 2.36. The summed E-state index contributed by atoms with van der Waals surface area (Å²) in [5.74, 6) is -1.30. The topological polar surface area (TPSA) is 107 Å². The number of carbonyl (C=O) groups is 1. The molecule has 2 heterocycles. The quantitative estimate of drug-likeness (QED) is 0.782. The number of aromatic amines is 1. The highest BCUT2D eigenvalue weighted by Crippen LogP contribution is 2.28. The van der Waals surface area contributed by atoms with E-state index in [-0.39, 0.29) is 10.6 Å². The molecule has 8 nitrogen and oxygen atoms in total. The molecule has 9 heteroatoms. The van der Waals surface area contributed by atoms with Gasteiger partial charge in [-0.3, -0.25) is 10.00 Å². The molecule has 20 heavy (non-hydrogen) atoms. The van der Waals surface area contributed by atoms with Crippen molar-refractivity contribution in [2.24, 2.45) is 0 Å².